The molecule has 1 rings (SSSR count). The van der Waals surface area contributed by atoms with Gasteiger partial charge in [0.25, 0.3) is 0 Å². The second-order valence-corrected chi connectivity index (χ2v) is 2.80. The van der Waals surface area contributed by atoms with Crippen LogP contribution in [0.25, 0.3) is 10.4 Å². The van der Waals surface area contributed by atoms with E-state index >= 15 is 0 Å². The maximum Gasteiger partial charge on any atom is 0.195 e. The number of hydrogen-bond acceptors (Lipinski definition) is 1. The van der Waals surface area contributed by atoms with Crippen molar-refractivity contribution < 1.29 is 13.2 Å². The van der Waals surface area contributed by atoms with Gasteiger partial charge in [0.05, 0.1) is 10.2 Å². The van der Waals surface area contributed by atoms with Gasteiger partial charge in [0.15, 0.2) is 17.5 Å². The standard InChI is InChI=1S/C6HBrF3N3/c7-4-3(12-13-11)1-2(8)5(9)6(4)10/h1H. The van der Waals surface area contributed by atoms with Gasteiger partial charge < -0.3 is 0 Å². The van der Waals surface area contributed by atoms with Crippen LogP contribution >= 0.6 is 15.9 Å². The summed E-state index contributed by atoms with van der Waals surface area (Å²) in [6, 6.07) is 0.599. The highest BCUT2D eigenvalue weighted by Crippen LogP contribution is 2.31. The van der Waals surface area contributed by atoms with Crippen LogP contribution in [0.15, 0.2) is 15.7 Å². The van der Waals surface area contributed by atoms with Crippen molar-refractivity contribution in [3.8, 4) is 0 Å². The van der Waals surface area contributed by atoms with Gasteiger partial charge in [-0.3, -0.25) is 0 Å². The molecule has 1 aromatic carbocycles. The summed E-state index contributed by atoms with van der Waals surface area (Å²) in [5.41, 5.74) is 7.66. The Labute approximate surface area is 78.9 Å². The normalized spacial score (nSPS) is 9.54. The molecule has 3 nitrogen and oxygen atoms in total. The van der Waals surface area contributed by atoms with Gasteiger partial charge in [-0.2, -0.15) is 0 Å². The van der Waals surface area contributed by atoms with Gasteiger partial charge in [-0.25, -0.2) is 13.2 Å². The lowest BCUT2D eigenvalue weighted by Gasteiger charge is -2.00. The minimum absolute atomic E-state index is 0.334. The predicted octanol–water partition coefficient (Wildman–Crippen LogP) is 3.81. The smallest absolute Gasteiger partial charge is 0.195 e. The van der Waals surface area contributed by atoms with Crippen LogP contribution in [0.4, 0.5) is 18.9 Å². The van der Waals surface area contributed by atoms with Crippen LogP contribution in [0.5, 0.6) is 0 Å². The Kier molecular flexibility index (Phi) is 2.79. The molecule has 0 aliphatic carbocycles. The Bertz CT molecular complexity index is 401. The SMILES string of the molecule is [N-]=[N+]=Nc1cc(F)c(F)c(F)c1Br. The van der Waals surface area contributed by atoms with Gasteiger partial charge in [0, 0.05) is 4.91 Å². The summed E-state index contributed by atoms with van der Waals surface area (Å²) < 4.78 is 37.4. The van der Waals surface area contributed by atoms with Crippen molar-refractivity contribution in [2.75, 3.05) is 0 Å². The van der Waals surface area contributed by atoms with E-state index in [9.17, 15) is 13.2 Å². The summed E-state index contributed by atoms with van der Waals surface area (Å²) in [4.78, 5) is 2.32. The van der Waals surface area contributed by atoms with Crippen molar-refractivity contribution in [1.29, 1.82) is 0 Å². The summed E-state index contributed by atoms with van der Waals surface area (Å²) >= 11 is 2.62. The summed E-state index contributed by atoms with van der Waals surface area (Å²) in [5.74, 6) is -4.42. The van der Waals surface area contributed by atoms with Crippen LogP contribution in [0.3, 0.4) is 0 Å². The lowest BCUT2D eigenvalue weighted by Crippen LogP contribution is -1.91. The molecular weight excluding hydrogens is 251 g/mol. The van der Waals surface area contributed by atoms with Gasteiger partial charge in [0.2, 0.25) is 0 Å². The predicted molar refractivity (Wildman–Crippen MR) is 42.8 cm³/mol. The number of azide groups is 1. The van der Waals surface area contributed by atoms with Crippen molar-refractivity contribution in [2.45, 2.75) is 0 Å². The molecule has 0 bridgehead atoms. The molecule has 0 aliphatic rings. The van der Waals surface area contributed by atoms with Crippen LogP contribution in [0.2, 0.25) is 0 Å². The average Bonchev–Trinajstić information content (AvgIpc) is 2.11. The minimum Gasteiger partial charge on any atom is -0.204 e. The highest BCUT2D eigenvalue weighted by atomic mass is 79.9. The van der Waals surface area contributed by atoms with Crippen molar-refractivity contribution in [1.82, 2.24) is 0 Å². The fraction of sp³-hybridized carbons (Fsp3) is 0. The molecule has 7 heteroatoms. The molecule has 0 radical (unpaired) electrons. The first-order chi connectivity index (χ1) is 6.07. The highest BCUT2D eigenvalue weighted by molar-refractivity contribution is 9.10. The Morgan fingerprint density at radius 3 is 2.46 bits per heavy atom. The number of hydrogen-bond donors (Lipinski definition) is 0. The van der Waals surface area contributed by atoms with Gasteiger partial charge in [-0.05, 0) is 27.5 Å². The zero-order valence-electron chi connectivity index (χ0n) is 5.93. The lowest BCUT2D eigenvalue weighted by atomic mass is 10.3. The van der Waals surface area contributed by atoms with Gasteiger partial charge in [-0.15, -0.1) is 0 Å². The zero-order valence-corrected chi connectivity index (χ0v) is 7.52. The molecule has 0 fully saturated rings. The van der Waals surface area contributed by atoms with E-state index in [0.717, 1.165) is 0 Å². The summed E-state index contributed by atoms with van der Waals surface area (Å²) in [6.45, 7) is 0. The van der Waals surface area contributed by atoms with Crippen LogP contribution in [-0.2, 0) is 0 Å². The quantitative estimate of drug-likeness (QED) is 0.240. The van der Waals surface area contributed by atoms with Crippen molar-refractivity contribution in [3.63, 3.8) is 0 Å². The van der Waals surface area contributed by atoms with E-state index in [1.807, 2.05) is 0 Å². The molecule has 0 saturated heterocycles. The minimum atomic E-state index is -1.61. The van der Waals surface area contributed by atoms with Crippen molar-refractivity contribution in [3.05, 3.63) is 38.4 Å². The molecule has 68 valence electrons. The third-order valence-corrected chi connectivity index (χ3v) is 1.99. The largest absolute Gasteiger partial charge is 0.204 e. The third kappa shape index (κ3) is 1.76. The van der Waals surface area contributed by atoms with Crippen LogP contribution < -0.4 is 0 Å². The fourth-order valence-corrected chi connectivity index (χ4v) is 1.05. The molecule has 0 spiro atoms. The third-order valence-electron chi connectivity index (χ3n) is 1.24. The Morgan fingerprint density at radius 1 is 1.31 bits per heavy atom. The molecule has 0 heterocycles. The number of rotatable bonds is 1. The van der Waals surface area contributed by atoms with E-state index in [2.05, 4.69) is 26.0 Å². The summed E-state index contributed by atoms with van der Waals surface area (Å²) in [6.07, 6.45) is 0. The van der Waals surface area contributed by atoms with E-state index in [1.165, 1.54) is 0 Å². The Balaban J connectivity index is 3.49. The number of benzene rings is 1. The monoisotopic (exact) mass is 251 g/mol. The number of nitrogens with zero attached hydrogens (tertiary/aromatic N) is 3. The number of halogens is 4. The average molecular weight is 252 g/mol. The summed E-state index contributed by atoms with van der Waals surface area (Å²) in [5, 5.41) is 2.96. The van der Waals surface area contributed by atoms with Gasteiger partial charge in [0.1, 0.15) is 0 Å². The van der Waals surface area contributed by atoms with Crippen molar-refractivity contribution >= 4 is 21.6 Å². The molecule has 13 heavy (non-hydrogen) atoms. The topological polar surface area (TPSA) is 48.8 Å². The van der Waals surface area contributed by atoms with Crippen LogP contribution in [0.1, 0.15) is 0 Å². The van der Waals surface area contributed by atoms with Gasteiger partial charge >= 0.3 is 0 Å². The van der Waals surface area contributed by atoms with E-state index in [0.29, 0.717) is 6.07 Å². The van der Waals surface area contributed by atoms with Gasteiger partial charge in [-0.1, -0.05) is 5.11 Å². The van der Waals surface area contributed by atoms with E-state index in [1.54, 1.807) is 0 Å². The maximum absolute atomic E-state index is 12.7. The summed E-state index contributed by atoms with van der Waals surface area (Å²) in [7, 11) is 0. The highest BCUT2D eigenvalue weighted by Gasteiger charge is 2.15. The molecule has 0 amide bonds. The first kappa shape index (κ1) is 9.88. The Hall–Kier alpha value is -1.20. The van der Waals surface area contributed by atoms with Crippen molar-refractivity contribution in [2.24, 2.45) is 5.11 Å². The Morgan fingerprint density at radius 2 is 1.92 bits per heavy atom. The second kappa shape index (κ2) is 3.67. The maximum atomic E-state index is 12.7. The van der Waals surface area contributed by atoms with E-state index in [-0.39, 0.29) is 5.69 Å². The van der Waals surface area contributed by atoms with Crippen LogP contribution in [0, 0.1) is 17.5 Å². The molecule has 0 aliphatic heterocycles. The first-order valence-corrected chi connectivity index (χ1v) is 3.75. The molecule has 0 N–H and O–H groups in total. The van der Waals surface area contributed by atoms with E-state index < -0.39 is 21.9 Å². The molecule has 0 saturated carbocycles. The molecule has 1 aromatic rings. The van der Waals surface area contributed by atoms with E-state index in [4.69, 9.17) is 5.53 Å². The molecule has 0 atom stereocenters. The lowest BCUT2D eigenvalue weighted by molar-refractivity contribution is 0.444. The molecule has 0 aromatic heterocycles. The first-order valence-electron chi connectivity index (χ1n) is 2.96. The molecule has 0 unspecified atom stereocenters. The molecular formula is C6HBrF3N3. The van der Waals surface area contributed by atoms with Crippen LogP contribution in [-0.4, -0.2) is 0 Å². The fourth-order valence-electron chi connectivity index (χ4n) is 0.681. The second-order valence-electron chi connectivity index (χ2n) is 2.01. The zero-order chi connectivity index (χ0) is 10.0.